The molecule has 2 rings (SSSR count). The average molecular weight is 221 g/mol. The van der Waals surface area contributed by atoms with Crippen LogP contribution in [-0.2, 0) is 10.4 Å². The van der Waals surface area contributed by atoms with Crippen LogP contribution in [0.3, 0.4) is 0 Å². The Labute approximate surface area is 94.9 Å². The molecule has 0 saturated carbocycles. The van der Waals surface area contributed by atoms with Crippen LogP contribution in [0.25, 0.3) is 5.70 Å². The van der Waals surface area contributed by atoms with Gasteiger partial charge in [0.25, 0.3) is 0 Å². The lowest BCUT2D eigenvalue weighted by Gasteiger charge is -2.30. The van der Waals surface area contributed by atoms with Gasteiger partial charge in [-0.2, -0.15) is 0 Å². The van der Waals surface area contributed by atoms with E-state index in [0.717, 1.165) is 5.56 Å². The molecule has 86 valence electrons. The lowest BCUT2D eigenvalue weighted by Crippen LogP contribution is -2.29. The Morgan fingerprint density at radius 2 is 1.81 bits per heavy atom. The molecule has 0 amide bonds. The first kappa shape index (κ1) is 11.1. The van der Waals surface area contributed by atoms with Crippen LogP contribution in [0, 0.1) is 0 Å². The summed E-state index contributed by atoms with van der Waals surface area (Å²) in [4.78, 5) is 0. The Morgan fingerprint density at radius 1 is 1.25 bits per heavy atom. The molecule has 2 N–H and O–H groups in total. The van der Waals surface area contributed by atoms with E-state index in [2.05, 4.69) is 6.58 Å². The number of hydrogen-bond donors (Lipinski definition) is 1. The number of hydrogen-bond acceptors (Lipinski definition) is 2. The maximum absolute atomic E-state index is 14.5. The normalized spacial score (nSPS) is 19.3. The SMILES string of the molecule is C=C(N)c1ccc(C2(F)CCOCC2)cc1. The Morgan fingerprint density at radius 3 is 2.31 bits per heavy atom. The fourth-order valence-electron chi connectivity index (χ4n) is 1.97. The second-order valence-electron chi connectivity index (χ2n) is 4.18. The van der Waals surface area contributed by atoms with Crippen molar-refractivity contribution < 1.29 is 9.13 Å². The van der Waals surface area contributed by atoms with Crippen LogP contribution in [0.2, 0.25) is 0 Å². The van der Waals surface area contributed by atoms with E-state index in [4.69, 9.17) is 10.5 Å². The maximum Gasteiger partial charge on any atom is 0.140 e. The first-order valence-electron chi connectivity index (χ1n) is 5.44. The Hall–Kier alpha value is -1.35. The van der Waals surface area contributed by atoms with Crippen LogP contribution in [0.1, 0.15) is 24.0 Å². The standard InChI is InChI=1S/C13H16FNO/c1-10(15)11-2-4-12(5-3-11)13(14)6-8-16-9-7-13/h2-5H,1,6-9,15H2. The van der Waals surface area contributed by atoms with Crippen molar-refractivity contribution >= 4 is 5.70 Å². The van der Waals surface area contributed by atoms with E-state index >= 15 is 0 Å². The highest BCUT2D eigenvalue weighted by atomic mass is 19.1. The largest absolute Gasteiger partial charge is 0.399 e. The van der Waals surface area contributed by atoms with Crippen molar-refractivity contribution in [1.29, 1.82) is 0 Å². The van der Waals surface area contributed by atoms with Gasteiger partial charge in [0.15, 0.2) is 0 Å². The van der Waals surface area contributed by atoms with Crippen molar-refractivity contribution in [3.63, 3.8) is 0 Å². The molecule has 0 aromatic heterocycles. The molecule has 1 aliphatic heterocycles. The Bertz CT molecular complexity index is 379. The zero-order valence-corrected chi connectivity index (χ0v) is 9.21. The summed E-state index contributed by atoms with van der Waals surface area (Å²) in [6.45, 7) is 4.62. The van der Waals surface area contributed by atoms with Gasteiger partial charge in [-0.25, -0.2) is 4.39 Å². The molecule has 1 saturated heterocycles. The number of rotatable bonds is 2. The third-order valence-electron chi connectivity index (χ3n) is 3.06. The number of halogens is 1. The minimum atomic E-state index is -1.24. The predicted molar refractivity (Wildman–Crippen MR) is 62.5 cm³/mol. The number of benzene rings is 1. The van der Waals surface area contributed by atoms with E-state index < -0.39 is 5.67 Å². The fourth-order valence-corrected chi connectivity index (χ4v) is 1.97. The Balaban J connectivity index is 2.23. The van der Waals surface area contributed by atoms with E-state index in [1.165, 1.54) is 0 Å². The summed E-state index contributed by atoms with van der Waals surface area (Å²) in [7, 11) is 0. The molecule has 2 nitrogen and oxygen atoms in total. The highest BCUT2D eigenvalue weighted by Gasteiger charge is 2.33. The number of alkyl halides is 1. The van der Waals surface area contributed by atoms with Crippen LogP contribution < -0.4 is 5.73 Å². The average Bonchev–Trinajstić information content (AvgIpc) is 2.30. The minimum Gasteiger partial charge on any atom is -0.399 e. The molecule has 0 radical (unpaired) electrons. The molecular weight excluding hydrogens is 205 g/mol. The molecule has 0 atom stereocenters. The van der Waals surface area contributed by atoms with Crippen molar-refractivity contribution in [2.45, 2.75) is 18.5 Å². The van der Waals surface area contributed by atoms with Gasteiger partial charge >= 0.3 is 0 Å². The molecular formula is C13H16FNO. The topological polar surface area (TPSA) is 35.2 Å². The highest BCUT2D eigenvalue weighted by molar-refractivity contribution is 5.60. The van der Waals surface area contributed by atoms with Crippen LogP contribution in [0.15, 0.2) is 30.8 Å². The zero-order valence-electron chi connectivity index (χ0n) is 9.21. The lowest BCUT2D eigenvalue weighted by atomic mass is 9.88. The van der Waals surface area contributed by atoms with Crippen molar-refractivity contribution in [2.75, 3.05) is 13.2 Å². The molecule has 0 bridgehead atoms. The fraction of sp³-hybridized carbons (Fsp3) is 0.385. The molecule has 0 unspecified atom stereocenters. The summed E-state index contributed by atoms with van der Waals surface area (Å²) in [5, 5.41) is 0. The first-order chi connectivity index (χ1) is 7.62. The number of ether oxygens (including phenoxy) is 1. The molecule has 1 aromatic carbocycles. The van der Waals surface area contributed by atoms with Crippen LogP contribution in [0.4, 0.5) is 4.39 Å². The van der Waals surface area contributed by atoms with E-state index in [1.54, 1.807) is 12.1 Å². The quantitative estimate of drug-likeness (QED) is 0.833. The van der Waals surface area contributed by atoms with Crippen molar-refractivity contribution in [3.8, 4) is 0 Å². The third kappa shape index (κ3) is 2.09. The molecule has 3 heteroatoms. The first-order valence-corrected chi connectivity index (χ1v) is 5.44. The summed E-state index contributed by atoms with van der Waals surface area (Å²) in [6, 6.07) is 7.21. The predicted octanol–water partition coefficient (Wildman–Crippen LogP) is 2.59. The molecule has 1 aliphatic rings. The second kappa shape index (κ2) is 4.26. The molecule has 0 spiro atoms. The Kier molecular flexibility index (Phi) is 2.97. The smallest absolute Gasteiger partial charge is 0.140 e. The van der Waals surface area contributed by atoms with Gasteiger partial charge in [-0.15, -0.1) is 0 Å². The lowest BCUT2D eigenvalue weighted by molar-refractivity contribution is -0.0114. The van der Waals surface area contributed by atoms with Gasteiger partial charge < -0.3 is 10.5 Å². The van der Waals surface area contributed by atoms with Gasteiger partial charge in [0, 0.05) is 31.8 Å². The van der Waals surface area contributed by atoms with Gasteiger partial charge in [0.05, 0.1) is 0 Å². The summed E-state index contributed by atoms with van der Waals surface area (Å²) < 4.78 is 19.7. The minimum absolute atomic E-state index is 0.427. The van der Waals surface area contributed by atoms with E-state index in [1.807, 2.05) is 12.1 Å². The molecule has 1 heterocycles. The second-order valence-corrected chi connectivity index (χ2v) is 4.18. The van der Waals surface area contributed by atoms with E-state index in [-0.39, 0.29) is 0 Å². The summed E-state index contributed by atoms with van der Waals surface area (Å²) in [5.74, 6) is 0. The third-order valence-corrected chi connectivity index (χ3v) is 3.06. The van der Waals surface area contributed by atoms with E-state index in [9.17, 15) is 4.39 Å². The highest BCUT2D eigenvalue weighted by Crippen LogP contribution is 2.36. The van der Waals surface area contributed by atoms with Gasteiger partial charge in [0.1, 0.15) is 5.67 Å². The molecule has 1 fully saturated rings. The summed E-state index contributed by atoms with van der Waals surface area (Å²) in [6.07, 6.45) is 0.853. The van der Waals surface area contributed by atoms with E-state index in [0.29, 0.717) is 37.3 Å². The molecule has 1 aromatic rings. The molecule has 16 heavy (non-hydrogen) atoms. The van der Waals surface area contributed by atoms with Gasteiger partial charge in [-0.05, 0) is 11.1 Å². The summed E-state index contributed by atoms with van der Waals surface area (Å²) >= 11 is 0. The van der Waals surface area contributed by atoms with Crippen molar-refractivity contribution in [1.82, 2.24) is 0 Å². The summed E-state index contributed by atoms with van der Waals surface area (Å²) in [5.41, 5.74) is 6.39. The number of nitrogens with two attached hydrogens (primary N) is 1. The van der Waals surface area contributed by atoms with Crippen LogP contribution in [0.5, 0.6) is 0 Å². The van der Waals surface area contributed by atoms with Gasteiger partial charge in [-0.3, -0.25) is 0 Å². The van der Waals surface area contributed by atoms with Crippen molar-refractivity contribution in [2.24, 2.45) is 5.73 Å². The van der Waals surface area contributed by atoms with Gasteiger partial charge in [0.2, 0.25) is 0 Å². The monoisotopic (exact) mass is 221 g/mol. The van der Waals surface area contributed by atoms with Crippen molar-refractivity contribution in [3.05, 3.63) is 42.0 Å². The zero-order chi connectivity index (χ0) is 11.6. The van der Waals surface area contributed by atoms with Gasteiger partial charge in [-0.1, -0.05) is 30.8 Å². The van der Waals surface area contributed by atoms with Crippen LogP contribution in [-0.4, -0.2) is 13.2 Å². The maximum atomic E-state index is 14.5. The van der Waals surface area contributed by atoms with Crippen LogP contribution >= 0.6 is 0 Å². The molecule has 0 aliphatic carbocycles.